The lowest BCUT2D eigenvalue weighted by Gasteiger charge is -2.33. The van der Waals surface area contributed by atoms with Gasteiger partial charge >= 0.3 is 0 Å². The molecular formula is C23H26FN5OS. The molecule has 1 aromatic carbocycles. The molecule has 0 aliphatic carbocycles. The molecule has 0 unspecified atom stereocenters. The van der Waals surface area contributed by atoms with E-state index in [0.717, 1.165) is 34.2 Å². The molecule has 1 aliphatic heterocycles. The molecule has 1 aliphatic rings. The predicted molar refractivity (Wildman–Crippen MR) is 121 cm³/mol. The normalized spacial score (nSPS) is 16.5. The lowest BCUT2D eigenvalue weighted by molar-refractivity contribution is 0.0705. The van der Waals surface area contributed by atoms with E-state index in [1.807, 2.05) is 13.0 Å². The van der Waals surface area contributed by atoms with Gasteiger partial charge in [-0.05, 0) is 51.8 Å². The van der Waals surface area contributed by atoms with E-state index in [4.69, 9.17) is 4.98 Å². The van der Waals surface area contributed by atoms with E-state index >= 15 is 0 Å². The van der Waals surface area contributed by atoms with Crippen LogP contribution in [0.15, 0.2) is 36.5 Å². The third-order valence-corrected chi connectivity index (χ3v) is 6.13. The van der Waals surface area contributed by atoms with Gasteiger partial charge in [-0.25, -0.2) is 19.3 Å². The molecule has 1 fully saturated rings. The van der Waals surface area contributed by atoms with E-state index < -0.39 is 5.82 Å². The summed E-state index contributed by atoms with van der Waals surface area (Å²) in [5.74, 6) is 0.977. The van der Waals surface area contributed by atoms with E-state index in [2.05, 4.69) is 29.1 Å². The molecule has 8 heteroatoms. The first-order valence-corrected chi connectivity index (χ1v) is 11.3. The van der Waals surface area contributed by atoms with Crippen molar-refractivity contribution >= 4 is 23.1 Å². The first-order chi connectivity index (χ1) is 14.9. The van der Waals surface area contributed by atoms with Crippen LogP contribution in [0.3, 0.4) is 0 Å². The summed E-state index contributed by atoms with van der Waals surface area (Å²) < 4.78 is 13.6. The maximum Gasteiger partial charge on any atom is 0.253 e. The number of carbonyl (C=O) groups excluding carboxylic acids is 1. The summed E-state index contributed by atoms with van der Waals surface area (Å²) >= 11 is 1.56. The molecule has 0 saturated carbocycles. The number of halogens is 1. The van der Waals surface area contributed by atoms with Gasteiger partial charge in [0, 0.05) is 42.9 Å². The van der Waals surface area contributed by atoms with Crippen molar-refractivity contribution in [3.8, 4) is 10.7 Å². The summed E-state index contributed by atoms with van der Waals surface area (Å²) in [6.07, 6.45) is 3.61. The van der Waals surface area contributed by atoms with Crippen LogP contribution in [0, 0.1) is 12.7 Å². The Morgan fingerprint density at radius 3 is 2.84 bits per heavy atom. The third kappa shape index (κ3) is 5.07. The van der Waals surface area contributed by atoms with E-state index in [9.17, 15) is 9.18 Å². The topological polar surface area (TPSA) is 71.0 Å². The summed E-state index contributed by atoms with van der Waals surface area (Å²) in [4.78, 5) is 29.5. The number of hydrogen-bond donors (Lipinski definition) is 1. The number of aromatic nitrogens is 3. The van der Waals surface area contributed by atoms with Crippen LogP contribution in [0.4, 0.5) is 10.2 Å². The maximum absolute atomic E-state index is 13.6. The van der Waals surface area contributed by atoms with Crippen molar-refractivity contribution in [3.05, 3.63) is 58.6 Å². The van der Waals surface area contributed by atoms with Crippen molar-refractivity contribution in [2.24, 2.45) is 0 Å². The van der Waals surface area contributed by atoms with Crippen LogP contribution >= 0.6 is 11.3 Å². The molecule has 2 aromatic heterocycles. The number of aryl methyl sites for hydroxylation is 1. The molecular weight excluding hydrogens is 413 g/mol. The molecule has 162 valence electrons. The predicted octanol–water partition coefficient (Wildman–Crippen LogP) is 4.89. The highest BCUT2D eigenvalue weighted by molar-refractivity contribution is 7.14. The molecule has 1 N–H and O–H groups in total. The zero-order chi connectivity index (χ0) is 22.0. The van der Waals surface area contributed by atoms with Crippen LogP contribution in [-0.2, 0) is 0 Å². The molecule has 4 rings (SSSR count). The molecule has 0 bridgehead atoms. The maximum atomic E-state index is 13.6. The number of piperidine rings is 1. The molecule has 1 atom stereocenters. The second-order valence-electron chi connectivity index (χ2n) is 8.14. The summed E-state index contributed by atoms with van der Waals surface area (Å²) in [6.45, 7) is 7.31. The fourth-order valence-electron chi connectivity index (χ4n) is 3.83. The molecule has 3 aromatic rings. The minimum atomic E-state index is -0.399. The first-order valence-electron chi connectivity index (χ1n) is 10.5. The third-order valence-electron chi connectivity index (χ3n) is 5.22. The number of likely N-dealkylation sites (tertiary alicyclic amines) is 1. The Morgan fingerprint density at radius 1 is 1.29 bits per heavy atom. The quantitative estimate of drug-likeness (QED) is 0.613. The van der Waals surface area contributed by atoms with Crippen molar-refractivity contribution in [2.45, 2.75) is 45.6 Å². The number of amides is 1. The highest BCUT2D eigenvalue weighted by atomic mass is 32.1. The summed E-state index contributed by atoms with van der Waals surface area (Å²) in [6, 6.07) is 8.10. The largest absolute Gasteiger partial charge is 0.368 e. The van der Waals surface area contributed by atoms with Gasteiger partial charge in [0.1, 0.15) is 11.6 Å². The SMILES string of the molecule is Cc1ncc(-c2nc(NC(C)C)cc([C@H]3CCCN(C(=O)c4cccc(F)c4)C3)n2)s1. The molecule has 0 radical (unpaired) electrons. The Balaban J connectivity index is 1.62. The molecule has 3 heterocycles. The highest BCUT2D eigenvalue weighted by Gasteiger charge is 2.27. The van der Waals surface area contributed by atoms with Gasteiger partial charge in [0.2, 0.25) is 0 Å². The van der Waals surface area contributed by atoms with Gasteiger partial charge in [0.05, 0.1) is 15.6 Å². The summed E-state index contributed by atoms with van der Waals surface area (Å²) in [5, 5.41) is 4.34. The smallest absolute Gasteiger partial charge is 0.253 e. The molecule has 1 amide bonds. The Bertz CT molecular complexity index is 1080. The van der Waals surface area contributed by atoms with Crippen molar-refractivity contribution in [2.75, 3.05) is 18.4 Å². The Labute approximate surface area is 185 Å². The number of hydrogen-bond acceptors (Lipinski definition) is 6. The zero-order valence-corrected chi connectivity index (χ0v) is 18.7. The fraction of sp³-hybridized carbons (Fsp3) is 0.391. The lowest BCUT2D eigenvalue weighted by Crippen LogP contribution is -2.39. The van der Waals surface area contributed by atoms with Gasteiger partial charge in [-0.2, -0.15) is 0 Å². The second kappa shape index (κ2) is 9.09. The summed E-state index contributed by atoms with van der Waals surface area (Å²) in [5.41, 5.74) is 1.29. The first kappa shape index (κ1) is 21.4. The zero-order valence-electron chi connectivity index (χ0n) is 17.9. The monoisotopic (exact) mass is 439 g/mol. The standard InChI is InChI=1S/C23H26FN5OS/c1-14(2)26-21-11-19(27-22(28-21)20-12-25-15(3)31-20)17-7-5-9-29(13-17)23(30)16-6-4-8-18(24)10-16/h4,6,8,10-12,14,17H,5,7,9,13H2,1-3H3,(H,26,27,28)/t17-/m0/s1. The molecule has 1 saturated heterocycles. The molecule has 0 spiro atoms. The van der Waals surface area contributed by atoms with Gasteiger partial charge in [0.15, 0.2) is 5.82 Å². The molecule has 6 nitrogen and oxygen atoms in total. The number of thiazole rings is 1. The highest BCUT2D eigenvalue weighted by Crippen LogP contribution is 2.31. The van der Waals surface area contributed by atoms with Gasteiger partial charge in [-0.3, -0.25) is 4.79 Å². The van der Waals surface area contributed by atoms with E-state index in [-0.39, 0.29) is 17.9 Å². The van der Waals surface area contributed by atoms with Crippen molar-refractivity contribution < 1.29 is 9.18 Å². The van der Waals surface area contributed by atoms with Crippen LogP contribution in [0.2, 0.25) is 0 Å². The van der Waals surface area contributed by atoms with Gasteiger partial charge < -0.3 is 10.2 Å². The van der Waals surface area contributed by atoms with Crippen LogP contribution in [-0.4, -0.2) is 44.9 Å². The number of benzene rings is 1. The van der Waals surface area contributed by atoms with E-state index in [1.54, 1.807) is 34.6 Å². The second-order valence-corrected chi connectivity index (χ2v) is 9.38. The number of rotatable bonds is 5. The lowest BCUT2D eigenvalue weighted by atomic mass is 9.93. The Hall–Kier alpha value is -2.87. The van der Waals surface area contributed by atoms with Gasteiger partial charge in [-0.1, -0.05) is 6.07 Å². The Morgan fingerprint density at radius 2 is 2.13 bits per heavy atom. The number of nitrogens with one attached hydrogen (secondary N) is 1. The fourth-order valence-corrected chi connectivity index (χ4v) is 4.54. The minimum Gasteiger partial charge on any atom is -0.368 e. The van der Waals surface area contributed by atoms with Crippen LogP contribution in [0.25, 0.3) is 10.7 Å². The van der Waals surface area contributed by atoms with Crippen molar-refractivity contribution in [1.29, 1.82) is 0 Å². The van der Waals surface area contributed by atoms with Gasteiger partial charge in [-0.15, -0.1) is 11.3 Å². The van der Waals surface area contributed by atoms with Crippen LogP contribution in [0.5, 0.6) is 0 Å². The molecule has 31 heavy (non-hydrogen) atoms. The van der Waals surface area contributed by atoms with Crippen LogP contribution < -0.4 is 5.32 Å². The average molecular weight is 440 g/mol. The van der Waals surface area contributed by atoms with Crippen LogP contribution in [0.1, 0.15) is 53.7 Å². The van der Waals surface area contributed by atoms with Crippen molar-refractivity contribution in [1.82, 2.24) is 19.9 Å². The summed E-state index contributed by atoms with van der Waals surface area (Å²) in [7, 11) is 0. The van der Waals surface area contributed by atoms with Gasteiger partial charge in [0.25, 0.3) is 5.91 Å². The number of carbonyl (C=O) groups is 1. The van der Waals surface area contributed by atoms with E-state index in [0.29, 0.717) is 24.5 Å². The average Bonchev–Trinajstić information content (AvgIpc) is 3.19. The number of nitrogens with zero attached hydrogens (tertiary/aromatic N) is 4. The van der Waals surface area contributed by atoms with Crippen molar-refractivity contribution in [3.63, 3.8) is 0 Å². The Kier molecular flexibility index (Phi) is 6.27. The minimum absolute atomic E-state index is 0.0924. The van der Waals surface area contributed by atoms with E-state index in [1.165, 1.54) is 12.1 Å². The number of anilines is 1.